The normalized spacial score (nSPS) is 9.85. The molecule has 0 heterocycles. The van der Waals surface area contributed by atoms with Crippen LogP contribution >= 0.6 is 0 Å². The molecule has 0 N–H and O–H groups in total. The van der Waals surface area contributed by atoms with Crippen molar-refractivity contribution in [2.75, 3.05) is 6.61 Å². The Kier molecular flexibility index (Phi) is 3.59. The zero-order chi connectivity index (χ0) is 9.52. The van der Waals surface area contributed by atoms with Crippen LogP contribution < -0.4 is 0 Å². The molecule has 2 nitrogen and oxygen atoms in total. The maximum absolute atomic E-state index is 4.98. The molecule has 0 aliphatic heterocycles. The zero-order valence-electron chi connectivity index (χ0n) is 7.53. The van der Waals surface area contributed by atoms with E-state index in [9.17, 15) is 0 Å². The van der Waals surface area contributed by atoms with Crippen LogP contribution in [0.15, 0.2) is 29.4 Å². The minimum atomic E-state index is 0.211. The third-order valence-corrected chi connectivity index (χ3v) is 1.50. The van der Waals surface area contributed by atoms with Gasteiger partial charge in [-0.05, 0) is 12.5 Å². The molecule has 0 aromatic heterocycles. The van der Waals surface area contributed by atoms with Gasteiger partial charge >= 0.3 is 0 Å². The van der Waals surface area contributed by atoms with Crippen LogP contribution in [0, 0.1) is 19.3 Å². The van der Waals surface area contributed by atoms with Gasteiger partial charge in [-0.15, -0.1) is 6.42 Å². The molecule has 1 aromatic carbocycles. The fraction of sp³-hybridized carbons (Fsp3) is 0.182. The van der Waals surface area contributed by atoms with Crippen LogP contribution in [-0.2, 0) is 4.84 Å². The van der Waals surface area contributed by atoms with Gasteiger partial charge in [0.1, 0.15) is 0 Å². The highest BCUT2D eigenvalue weighted by molar-refractivity contribution is 5.79. The van der Waals surface area contributed by atoms with Crippen LogP contribution in [0.3, 0.4) is 0 Å². The molecule has 13 heavy (non-hydrogen) atoms. The fourth-order valence-corrected chi connectivity index (χ4v) is 0.825. The summed E-state index contributed by atoms with van der Waals surface area (Å²) in [5.74, 6) is 2.33. The van der Waals surface area contributed by atoms with Gasteiger partial charge in [0.25, 0.3) is 0 Å². The van der Waals surface area contributed by atoms with Gasteiger partial charge < -0.3 is 4.84 Å². The van der Waals surface area contributed by atoms with Gasteiger partial charge in [0.05, 0.1) is 6.21 Å². The van der Waals surface area contributed by atoms with Crippen molar-refractivity contribution in [2.24, 2.45) is 5.16 Å². The van der Waals surface area contributed by atoms with Crippen LogP contribution in [0.1, 0.15) is 11.1 Å². The van der Waals surface area contributed by atoms with E-state index in [1.54, 1.807) is 6.21 Å². The Morgan fingerprint density at radius 1 is 1.46 bits per heavy atom. The molecule has 0 radical (unpaired) electrons. The van der Waals surface area contributed by atoms with Crippen molar-refractivity contribution in [1.82, 2.24) is 0 Å². The highest BCUT2D eigenvalue weighted by atomic mass is 16.6. The van der Waals surface area contributed by atoms with Gasteiger partial charge in [-0.2, -0.15) is 0 Å². The molecular formula is C11H11NO. The van der Waals surface area contributed by atoms with Crippen molar-refractivity contribution in [3.63, 3.8) is 0 Å². The quantitative estimate of drug-likeness (QED) is 0.296. The number of hydrogen-bond acceptors (Lipinski definition) is 2. The van der Waals surface area contributed by atoms with Gasteiger partial charge in [0, 0.05) is 0 Å². The summed E-state index contributed by atoms with van der Waals surface area (Å²) in [6, 6.07) is 7.97. The van der Waals surface area contributed by atoms with Crippen molar-refractivity contribution in [1.29, 1.82) is 0 Å². The molecule has 0 atom stereocenters. The second-order valence-electron chi connectivity index (χ2n) is 2.62. The molecule has 2 heteroatoms. The largest absolute Gasteiger partial charge is 0.383 e. The summed E-state index contributed by atoms with van der Waals surface area (Å²) in [7, 11) is 0. The second kappa shape index (κ2) is 5.00. The van der Waals surface area contributed by atoms with E-state index in [1.807, 2.05) is 31.2 Å². The summed E-state index contributed by atoms with van der Waals surface area (Å²) in [4.78, 5) is 4.75. The molecular weight excluding hydrogens is 162 g/mol. The van der Waals surface area contributed by atoms with Gasteiger partial charge in [0.15, 0.2) is 6.61 Å². The predicted octanol–water partition coefficient (Wildman–Crippen LogP) is 1.98. The number of nitrogens with zero attached hydrogens (tertiary/aromatic N) is 1. The highest BCUT2D eigenvalue weighted by Gasteiger charge is 1.86. The van der Waals surface area contributed by atoms with Crippen LogP contribution in [0.5, 0.6) is 0 Å². The first-order chi connectivity index (χ1) is 6.33. The zero-order valence-corrected chi connectivity index (χ0v) is 7.53. The van der Waals surface area contributed by atoms with Crippen LogP contribution in [0.4, 0.5) is 0 Å². The maximum atomic E-state index is 4.98. The molecule has 0 fully saturated rings. The lowest BCUT2D eigenvalue weighted by Gasteiger charge is -1.93. The summed E-state index contributed by atoms with van der Waals surface area (Å²) in [5, 5.41) is 3.69. The first kappa shape index (κ1) is 9.34. The van der Waals surface area contributed by atoms with E-state index in [0.29, 0.717) is 0 Å². The number of benzene rings is 1. The van der Waals surface area contributed by atoms with Crippen molar-refractivity contribution in [3.8, 4) is 12.3 Å². The molecule has 0 saturated heterocycles. The number of terminal acetylenes is 1. The molecule has 0 saturated carbocycles. The Balaban J connectivity index is 2.50. The Bertz CT molecular complexity index is 319. The summed E-state index contributed by atoms with van der Waals surface area (Å²) < 4.78 is 0. The highest BCUT2D eigenvalue weighted by Crippen LogP contribution is 1.99. The Morgan fingerprint density at radius 2 is 2.15 bits per heavy atom. The number of hydrogen-bond donors (Lipinski definition) is 0. The second-order valence-corrected chi connectivity index (χ2v) is 2.62. The smallest absolute Gasteiger partial charge is 0.177 e. The molecule has 66 valence electrons. The fourth-order valence-electron chi connectivity index (χ4n) is 0.825. The SMILES string of the molecule is C#CCO/N=C/c1ccc(C)cc1. The molecule has 0 aliphatic carbocycles. The maximum Gasteiger partial charge on any atom is 0.177 e. The third kappa shape index (κ3) is 3.44. The van der Waals surface area contributed by atoms with Gasteiger partial charge in [-0.25, -0.2) is 0 Å². The predicted molar refractivity (Wildman–Crippen MR) is 53.6 cm³/mol. The van der Waals surface area contributed by atoms with E-state index in [2.05, 4.69) is 11.1 Å². The van der Waals surface area contributed by atoms with E-state index >= 15 is 0 Å². The van der Waals surface area contributed by atoms with Crippen LogP contribution in [-0.4, -0.2) is 12.8 Å². The van der Waals surface area contributed by atoms with E-state index in [4.69, 9.17) is 11.3 Å². The topological polar surface area (TPSA) is 21.6 Å². The summed E-state index contributed by atoms with van der Waals surface area (Å²) in [6.07, 6.45) is 6.61. The lowest BCUT2D eigenvalue weighted by Crippen LogP contribution is -1.85. The van der Waals surface area contributed by atoms with Gasteiger partial charge in [-0.3, -0.25) is 0 Å². The van der Waals surface area contributed by atoms with Gasteiger partial charge in [-0.1, -0.05) is 40.9 Å². The van der Waals surface area contributed by atoms with Crippen molar-refractivity contribution >= 4 is 6.21 Å². The Hall–Kier alpha value is -1.75. The van der Waals surface area contributed by atoms with E-state index in [-0.39, 0.29) is 6.61 Å². The molecule has 0 unspecified atom stereocenters. The Morgan fingerprint density at radius 3 is 2.77 bits per heavy atom. The third-order valence-electron chi connectivity index (χ3n) is 1.50. The van der Waals surface area contributed by atoms with Crippen molar-refractivity contribution < 1.29 is 4.84 Å². The van der Waals surface area contributed by atoms with E-state index in [0.717, 1.165) is 5.56 Å². The molecule has 0 spiro atoms. The average Bonchev–Trinajstić information content (AvgIpc) is 2.15. The first-order valence-electron chi connectivity index (χ1n) is 3.98. The lowest BCUT2D eigenvalue weighted by atomic mass is 10.2. The van der Waals surface area contributed by atoms with Crippen molar-refractivity contribution in [3.05, 3.63) is 35.4 Å². The average molecular weight is 173 g/mol. The molecule has 1 rings (SSSR count). The molecule has 0 aliphatic rings. The van der Waals surface area contributed by atoms with E-state index < -0.39 is 0 Å². The lowest BCUT2D eigenvalue weighted by molar-refractivity contribution is 0.181. The summed E-state index contributed by atoms with van der Waals surface area (Å²) >= 11 is 0. The monoisotopic (exact) mass is 173 g/mol. The molecule has 1 aromatic rings. The van der Waals surface area contributed by atoms with Crippen LogP contribution in [0.2, 0.25) is 0 Å². The number of rotatable bonds is 3. The number of aryl methyl sites for hydroxylation is 1. The molecule has 0 bridgehead atoms. The summed E-state index contributed by atoms with van der Waals surface area (Å²) in [5.41, 5.74) is 2.23. The summed E-state index contributed by atoms with van der Waals surface area (Å²) in [6.45, 7) is 2.25. The molecule has 0 amide bonds. The minimum absolute atomic E-state index is 0.211. The Labute approximate surface area is 78.2 Å². The number of oxime groups is 1. The van der Waals surface area contributed by atoms with Crippen LogP contribution in [0.25, 0.3) is 0 Å². The van der Waals surface area contributed by atoms with Gasteiger partial charge in [0.2, 0.25) is 0 Å². The first-order valence-corrected chi connectivity index (χ1v) is 3.98. The standard InChI is InChI=1S/C11H11NO/c1-3-8-13-12-9-11-6-4-10(2)5-7-11/h1,4-7,9H,8H2,2H3/b12-9+. The van der Waals surface area contributed by atoms with Crippen molar-refractivity contribution in [2.45, 2.75) is 6.92 Å². The van der Waals surface area contributed by atoms with E-state index in [1.165, 1.54) is 5.56 Å². The minimum Gasteiger partial charge on any atom is -0.383 e.